The molecule has 1 aromatic rings. The van der Waals surface area contributed by atoms with Gasteiger partial charge in [0.15, 0.2) is 0 Å². The minimum atomic E-state index is 0.0473. The molecule has 3 rings (SSSR count). The molecule has 1 saturated carbocycles. The molecule has 0 spiro atoms. The molecule has 1 N–H and O–H groups in total. The van der Waals surface area contributed by atoms with Gasteiger partial charge in [0.25, 0.3) is 5.91 Å². The summed E-state index contributed by atoms with van der Waals surface area (Å²) in [6.07, 6.45) is 5.10. The average Bonchev–Trinajstić information content (AvgIpc) is 3.01. The Kier molecular flexibility index (Phi) is 2.90. The van der Waals surface area contributed by atoms with Crippen molar-refractivity contribution in [2.75, 3.05) is 18.9 Å². The Labute approximate surface area is 111 Å². The van der Waals surface area contributed by atoms with Crippen LogP contribution in [0.5, 0.6) is 0 Å². The molecule has 2 fully saturated rings. The van der Waals surface area contributed by atoms with Gasteiger partial charge in [0.1, 0.15) is 5.82 Å². The predicted molar refractivity (Wildman–Crippen MR) is 71.0 cm³/mol. The number of aromatic nitrogens is 1. The molecule has 1 saturated heterocycles. The Bertz CT molecular complexity index is 491. The van der Waals surface area contributed by atoms with Crippen LogP contribution in [0.15, 0.2) is 12.3 Å². The number of hydrogen-bond acceptors (Lipinski definition) is 3. The van der Waals surface area contributed by atoms with Crippen LogP contribution in [0.4, 0.5) is 5.82 Å². The predicted octanol–water partition coefficient (Wildman–Crippen LogP) is 2.40. The van der Waals surface area contributed by atoms with Crippen LogP contribution in [0, 0.1) is 5.92 Å². The highest BCUT2D eigenvalue weighted by Gasteiger charge is 2.40. The van der Waals surface area contributed by atoms with Gasteiger partial charge in [0.2, 0.25) is 0 Å². The summed E-state index contributed by atoms with van der Waals surface area (Å²) in [7, 11) is 1.78. The Morgan fingerprint density at radius 2 is 2.39 bits per heavy atom. The van der Waals surface area contributed by atoms with Gasteiger partial charge in [0, 0.05) is 25.8 Å². The SMILES string of the molecule is CNc1cc(C(=O)N2CC3CCC2C3)c(Cl)cn1. The van der Waals surface area contributed by atoms with E-state index in [9.17, 15) is 4.79 Å². The molecule has 96 valence electrons. The van der Waals surface area contributed by atoms with Crippen molar-refractivity contribution in [1.82, 2.24) is 9.88 Å². The van der Waals surface area contributed by atoms with Gasteiger partial charge in [0.05, 0.1) is 10.6 Å². The summed E-state index contributed by atoms with van der Waals surface area (Å²) < 4.78 is 0. The van der Waals surface area contributed by atoms with E-state index in [1.807, 2.05) is 4.90 Å². The number of nitrogens with one attached hydrogen (secondary N) is 1. The second-order valence-electron chi connectivity index (χ2n) is 5.09. The third-order valence-corrected chi connectivity index (χ3v) is 4.31. The molecule has 1 aliphatic carbocycles. The fourth-order valence-electron chi connectivity index (χ4n) is 3.07. The number of carbonyl (C=O) groups excluding carboxylic acids is 1. The number of anilines is 1. The lowest BCUT2D eigenvalue weighted by Gasteiger charge is -2.27. The fourth-order valence-corrected chi connectivity index (χ4v) is 3.25. The normalized spacial score (nSPS) is 25.6. The molecule has 2 heterocycles. The zero-order chi connectivity index (χ0) is 12.7. The van der Waals surface area contributed by atoms with Crippen LogP contribution >= 0.6 is 11.6 Å². The summed E-state index contributed by atoms with van der Waals surface area (Å²) in [4.78, 5) is 18.6. The summed E-state index contributed by atoms with van der Waals surface area (Å²) in [5.41, 5.74) is 0.559. The van der Waals surface area contributed by atoms with Crippen molar-refractivity contribution in [3.05, 3.63) is 22.8 Å². The number of amides is 1. The van der Waals surface area contributed by atoms with E-state index in [4.69, 9.17) is 11.6 Å². The standard InChI is InChI=1S/C13H16ClN3O/c1-15-12-5-10(11(14)6-16-12)13(18)17-7-8-2-3-9(17)4-8/h5-6,8-9H,2-4,7H2,1H3,(H,15,16). The van der Waals surface area contributed by atoms with E-state index in [1.165, 1.54) is 12.6 Å². The van der Waals surface area contributed by atoms with Gasteiger partial charge in [-0.2, -0.15) is 0 Å². The molecular formula is C13H16ClN3O. The van der Waals surface area contributed by atoms with Gasteiger partial charge < -0.3 is 10.2 Å². The second-order valence-corrected chi connectivity index (χ2v) is 5.50. The number of fused-ring (bicyclic) bond motifs is 2. The highest BCUT2D eigenvalue weighted by atomic mass is 35.5. The van der Waals surface area contributed by atoms with Gasteiger partial charge >= 0.3 is 0 Å². The average molecular weight is 266 g/mol. The number of pyridine rings is 1. The molecule has 1 amide bonds. The van der Waals surface area contributed by atoms with Crippen LogP contribution in [-0.2, 0) is 0 Å². The lowest BCUT2D eigenvalue weighted by molar-refractivity contribution is 0.0704. The first-order valence-electron chi connectivity index (χ1n) is 6.33. The highest BCUT2D eigenvalue weighted by Crippen LogP contribution is 2.38. The quantitative estimate of drug-likeness (QED) is 0.893. The van der Waals surface area contributed by atoms with Crippen LogP contribution < -0.4 is 5.32 Å². The molecular weight excluding hydrogens is 250 g/mol. The number of piperidine rings is 1. The van der Waals surface area contributed by atoms with Gasteiger partial charge in [-0.05, 0) is 31.2 Å². The summed E-state index contributed by atoms with van der Waals surface area (Å²) >= 11 is 6.09. The number of likely N-dealkylation sites (tertiary alicyclic amines) is 1. The summed E-state index contributed by atoms with van der Waals surface area (Å²) in [5.74, 6) is 1.42. The second kappa shape index (κ2) is 4.43. The van der Waals surface area contributed by atoms with Crippen molar-refractivity contribution in [3.63, 3.8) is 0 Å². The highest BCUT2D eigenvalue weighted by molar-refractivity contribution is 6.33. The number of nitrogens with zero attached hydrogens (tertiary/aromatic N) is 2. The van der Waals surface area contributed by atoms with Crippen molar-refractivity contribution < 1.29 is 4.79 Å². The summed E-state index contributed by atoms with van der Waals surface area (Å²) in [5, 5.41) is 3.37. The smallest absolute Gasteiger partial charge is 0.255 e. The number of carbonyl (C=O) groups is 1. The molecule has 18 heavy (non-hydrogen) atoms. The molecule has 5 heteroatoms. The minimum absolute atomic E-state index is 0.0473. The Balaban J connectivity index is 1.88. The minimum Gasteiger partial charge on any atom is -0.373 e. The van der Waals surface area contributed by atoms with Crippen molar-refractivity contribution in [2.45, 2.75) is 25.3 Å². The van der Waals surface area contributed by atoms with Crippen molar-refractivity contribution >= 4 is 23.3 Å². The van der Waals surface area contributed by atoms with Crippen LogP contribution in [0.2, 0.25) is 5.02 Å². The lowest BCUT2D eigenvalue weighted by atomic mass is 10.1. The Hall–Kier alpha value is -1.29. The Morgan fingerprint density at radius 1 is 1.56 bits per heavy atom. The van der Waals surface area contributed by atoms with Crippen LogP contribution in [0.1, 0.15) is 29.6 Å². The van der Waals surface area contributed by atoms with Crippen LogP contribution in [0.3, 0.4) is 0 Å². The number of halogens is 1. The first kappa shape index (κ1) is 11.8. The number of hydrogen-bond donors (Lipinski definition) is 1. The first-order chi connectivity index (χ1) is 8.69. The van der Waals surface area contributed by atoms with E-state index in [0.717, 1.165) is 19.4 Å². The van der Waals surface area contributed by atoms with E-state index in [0.29, 0.717) is 28.4 Å². The maximum atomic E-state index is 12.5. The molecule has 1 aromatic heterocycles. The monoisotopic (exact) mass is 265 g/mol. The van der Waals surface area contributed by atoms with Gasteiger partial charge in [-0.3, -0.25) is 4.79 Å². The van der Waals surface area contributed by atoms with Crippen molar-refractivity contribution in [3.8, 4) is 0 Å². The fraction of sp³-hybridized carbons (Fsp3) is 0.538. The van der Waals surface area contributed by atoms with Gasteiger partial charge in [-0.25, -0.2) is 4.98 Å². The van der Waals surface area contributed by atoms with Crippen LogP contribution in [0.25, 0.3) is 0 Å². The van der Waals surface area contributed by atoms with Crippen LogP contribution in [-0.4, -0.2) is 35.4 Å². The summed E-state index contributed by atoms with van der Waals surface area (Å²) in [6, 6.07) is 2.15. The number of rotatable bonds is 2. The molecule has 4 nitrogen and oxygen atoms in total. The zero-order valence-corrected chi connectivity index (χ0v) is 11.1. The zero-order valence-electron chi connectivity index (χ0n) is 10.3. The molecule has 1 aliphatic heterocycles. The third-order valence-electron chi connectivity index (χ3n) is 4.01. The van der Waals surface area contributed by atoms with Crippen molar-refractivity contribution in [2.24, 2.45) is 5.92 Å². The van der Waals surface area contributed by atoms with E-state index in [1.54, 1.807) is 13.1 Å². The van der Waals surface area contributed by atoms with E-state index in [-0.39, 0.29) is 5.91 Å². The topological polar surface area (TPSA) is 45.2 Å². The molecule has 0 radical (unpaired) electrons. The molecule has 2 atom stereocenters. The first-order valence-corrected chi connectivity index (χ1v) is 6.71. The largest absolute Gasteiger partial charge is 0.373 e. The molecule has 2 bridgehead atoms. The molecule has 2 unspecified atom stereocenters. The molecule has 0 aromatic carbocycles. The van der Waals surface area contributed by atoms with E-state index in [2.05, 4.69) is 10.3 Å². The summed E-state index contributed by atoms with van der Waals surface area (Å²) in [6.45, 7) is 0.886. The van der Waals surface area contributed by atoms with Gasteiger partial charge in [-0.15, -0.1) is 0 Å². The van der Waals surface area contributed by atoms with Crippen molar-refractivity contribution in [1.29, 1.82) is 0 Å². The molecule has 2 aliphatic rings. The van der Waals surface area contributed by atoms with Gasteiger partial charge in [-0.1, -0.05) is 11.6 Å². The van der Waals surface area contributed by atoms with E-state index >= 15 is 0 Å². The van der Waals surface area contributed by atoms with E-state index < -0.39 is 0 Å². The maximum Gasteiger partial charge on any atom is 0.255 e. The maximum absolute atomic E-state index is 12.5. The third kappa shape index (κ3) is 1.85. The Morgan fingerprint density at radius 3 is 3.00 bits per heavy atom. The lowest BCUT2D eigenvalue weighted by Crippen LogP contribution is -2.37.